The molecular formula is C21H39N7OS. The van der Waals surface area contributed by atoms with Gasteiger partial charge in [-0.25, -0.2) is 4.99 Å². The zero-order valence-corrected chi connectivity index (χ0v) is 19.9. The summed E-state index contributed by atoms with van der Waals surface area (Å²) in [7, 11) is 1.25. The van der Waals surface area contributed by atoms with Crippen LogP contribution in [0.3, 0.4) is 0 Å². The van der Waals surface area contributed by atoms with E-state index in [4.69, 9.17) is 4.99 Å². The topological polar surface area (TPSA) is 87.4 Å². The molecule has 1 saturated carbocycles. The SMILES string of the molecule is CCN1CCCC1CNC(=NCc1nnc(C)n1C)NC1CCCC(S(=O)CC)C1. The van der Waals surface area contributed by atoms with E-state index in [0.29, 0.717) is 23.9 Å². The molecule has 2 aliphatic rings. The molecule has 0 bridgehead atoms. The molecule has 1 aromatic heterocycles. The normalized spacial score (nSPS) is 26.7. The van der Waals surface area contributed by atoms with Crippen LogP contribution in [0.2, 0.25) is 0 Å². The standard InChI is InChI=1S/C21H39N7OS/c1-5-28-12-8-10-18(28)14-22-21(23-15-20-26-25-16(3)27(20)4)24-17-9-7-11-19(13-17)30(29)6-2/h17-19H,5-15H2,1-4H3,(H2,22,23,24). The minimum absolute atomic E-state index is 0.300. The molecule has 0 amide bonds. The van der Waals surface area contributed by atoms with Crippen molar-refractivity contribution in [2.75, 3.05) is 25.4 Å². The summed E-state index contributed by atoms with van der Waals surface area (Å²) in [5, 5.41) is 15.9. The number of aromatic nitrogens is 3. The van der Waals surface area contributed by atoms with E-state index in [1.165, 1.54) is 19.4 Å². The minimum atomic E-state index is -0.723. The van der Waals surface area contributed by atoms with Crippen molar-refractivity contribution in [1.29, 1.82) is 0 Å². The number of likely N-dealkylation sites (tertiary alicyclic amines) is 1. The van der Waals surface area contributed by atoms with Crippen LogP contribution in [0.1, 0.15) is 64.0 Å². The first kappa shape index (κ1) is 23.2. The summed E-state index contributed by atoms with van der Waals surface area (Å²) in [6, 6.07) is 0.878. The van der Waals surface area contributed by atoms with Crippen molar-refractivity contribution >= 4 is 16.8 Å². The van der Waals surface area contributed by atoms with E-state index in [-0.39, 0.29) is 0 Å². The Morgan fingerprint density at radius 2 is 2.07 bits per heavy atom. The third kappa shape index (κ3) is 6.03. The van der Waals surface area contributed by atoms with E-state index >= 15 is 0 Å². The van der Waals surface area contributed by atoms with Gasteiger partial charge in [0.2, 0.25) is 0 Å². The fourth-order valence-corrected chi connectivity index (χ4v) is 5.94. The zero-order valence-electron chi connectivity index (χ0n) is 19.1. The molecule has 3 rings (SSSR count). The van der Waals surface area contributed by atoms with Crippen LogP contribution >= 0.6 is 0 Å². The fraction of sp³-hybridized carbons (Fsp3) is 0.857. The lowest BCUT2D eigenvalue weighted by atomic mass is 9.95. The van der Waals surface area contributed by atoms with Crippen molar-refractivity contribution in [3.8, 4) is 0 Å². The molecule has 2 N–H and O–H groups in total. The first-order valence-electron chi connectivity index (χ1n) is 11.5. The molecule has 1 aliphatic carbocycles. The Morgan fingerprint density at radius 1 is 1.23 bits per heavy atom. The Balaban J connectivity index is 1.65. The average molecular weight is 438 g/mol. The molecule has 1 aromatic rings. The van der Waals surface area contributed by atoms with E-state index in [1.807, 2.05) is 25.5 Å². The lowest BCUT2D eigenvalue weighted by molar-refractivity contribution is 0.266. The molecular weight excluding hydrogens is 398 g/mol. The second-order valence-electron chi connectivity index (χ2n) is 8.49. The number of hydrogen-bond acceptors (Lipinski definition) is 5. The smallest absolute Gasteiger partial charge is 0.191 e. The predicted molar refractivity (Wildman–Crippen MR) is 123 cm³/mol. The molecule has 0 spiro atoms. The maximum atomic E-state index is 12.3. The van der Waals surface area contributed by atoms with Gasteiger partial charge in [0, 0.05) is 47.5 Å². The highest BCUT2D eigenvalue weighted by Crippen LogP contribution is 2.23. The molecule has 170 valence electrons. The maximum absolute atomic E-state index is 12.3. The van der Waals surface area contributed by atoms with E-state index in [1.54, 1.807) is 0 Å². The molecule has 0 aromatic carbocycles. The number of rotatable bonds is 8. The molecule has 2 heterocycles. The summed E-state index contributed by atoms with van der Waals surface area (Å²) < 4.78 is 14.3. The van der Waals surface area contributed by atoms with Crippen LogP contribution in [0, 0.1) is 6.92 Å². The van der Waals surface area contributed by atoms with Gasteiger partial charge >= 0.3 is 0 Å². The minimum Gasteiger partial charge on any atom is -0.355 e. The van der Waals surface area contributed by atoms with E-state index in [2.05, 4.69) is 32.7 Å². The van der Waals surface area contributed by atoms with Gasteiger partial charge in [-0.15, -0.1) is 10.2 Å². The van der Waals surface area contributed by atoms with Gasteiger partial charge in [0.1, 0.15) is 12.4 Å². The number of aliphatic imine (C=N–C) groups is 1. The Hall–Kier alpha value is -1.48. The van der Waals surface area contributed by atoms with E-state index in [0.717, 1.165) is 62.1 Å². The zero-order chi connectivity index (χ0) is 21.5. The Labute approximate surface area is 183 Å². The Kier molecular flexibility index (Phi) is 8.68. The number of aryl methyl sites for hydroxylation is 1. The van der Waals surface area contributed by atoms with Crippen LogP contribution < -0.4 is 10.6 Å². The van der Waals surface area contributed by atoms with Crippen molar-refractivity contribution in [3.63, 3.8) is 0 Å². The highest BCUT2D eigenvalue weighted by molar-refractivity contribution is 7.85. The highest BCUT2D eigenvalue weighted by Gasteiger charge is 2.27. The average Bonchev–Trinajstić information content (AvgIpc) is 3.36. The third-order valence-corrected chi connectivity index (χ3v) is 8.34. The first-order valence-corrected chi connectivity index (χ1v) is 12.9. The highest BCUT2D eigenvalue weighted by atomic mass is 32.2. The number of hydrogen-bond donors (Lipinski definition) is 2. The van der Waals surface area contributed by atoms with Gasteiger partial charge in [0.15, 0.2) is 11.8 Å². The largest absolute Gasteiger partial charge is 0.355 e. The Morgan fingerprint density at radius 3 is 2.77 bits per heavy atom. The third-order valence-electron chi connectivity index (χ3n) is 6.59. The van der Waals surface area contributed by atoms with Crippen LogP contribution in [0.4, 0.5) is 0 Å². The molecule has 4 unspecified atom stereocenters. The van der Waals surface area contributed by atoms with Gasteiger partial charge in [-0.3, -0.25) is 9.11 Å². The second kappa shape index (κ2) is 11.2. The lowest BCUT2D eigenvalue weighted by Gasteiger charge is -2.31. The first-order chi connectivity index (χ1) is 14.5. The summed E-state index contributed by atoms with van der Waals surface area (Å²) in [6.45, 7) is 9.88. The van der Waals surface area contributed by atoms with Crippen LogP contribution in [-0.4, -0.2) is 72.6 Å². The molecule has 0 radical (unpaired) electrons. The number of nitrogens with one attached hydrogen (secondary N) is 2. The lowest BCUT2D eigenvalue weighted by Crippen LogP contribution is -2.49. The van der Waals surface area contributed by atoms with E-state index in [9.17, 15) is 4.21 Å². The Bertz CT molecular complexity index is 735. The van der Waals surface area contributed by atoms with Gasteiger partial charge in [-0.2, -0.15) is 0 Å². The maximum Gasteiger partial charge on any atom is 0.191 e. The monoisotopic (exact) mass is 437 g/mol. The van der Waals surface area contributed by atoms with Crippen LogP contribution in [0.5, 0.6) is 0 Å². The van der Waals surface area contributed by atoms with E-state index < -0.39 is 10.8 Å². The fourth-order valence-electron chi connectivity index (χ4n) is 4.59. The van der Waals surface area contributed by atoms with Crippen LogP contribution in [0.15, 0.2) is 4.99 Å². The molecule has 30 heavy (non-hydrogen) atoms. The van der Waals surface area contributed by atoms with Crippen LogP contribution in [-0.2, 0) is 24.4 Å². The van der Waals surface area contributed by atoms with Gasteiger partial charge in [0.05, 0.1) is 0 Å². The summed E-state index contributed by atoms with van der Waals surface area (Å²) in [5.41, 5.74) is 0. The van der Waals surface area contributed by atoms with Crippen molar-refractivity contribution < 1.29 is 4.21 Å². The van der Waals surface area contributed by atoms with Gasteiger partial charge in [0.25, 0.3) is 0 Å². The molecule has 2 fully saturated rings. The van der Waals surface area contributed by atoms with Gasteiger partial charge in [-0.05, 0) is 52.1 Å². The quantitative estimate of drug-likeness (QED) is 0.476. The molecule has 9 heteroatoms. The van der Waals surface area contributed by atoms with Crippen molar-refractivity contribution in [1.82, 2.24) is 30.3 Å². The van der Waals surface area contributed by atoms with Crippen molar-refractivity contribution in [2.24, 2.45) is 12.0 Å². The summed E-state index contributed by atoms with van der Waals surface area (Å²) in [4.78, 5) is 7.38. The van der Waals surface area contributed by atoms with Crippen molar-refractivity contribution in [3.05, 3.63) is 11.6 Å². The van der Waals surface area contributed by atoms with Gasteiger partial charge < -0.3 is 15.2 Å². The number of guanidine groups is 1. The van der Waals surface area contributed by atoms with Crippen molar-refractivity contribution in [2.45, 2.75) is 83.2 Å². The number of likely N-dealkylation sites (N-methyl/N-ethyl adjacent to an activating group) is 1. The molecule has 8 nitrogen and oxygen atoms in total. The summed E-state index contributed by atoms with van der Waals surface area (Å²) >= 11 is 0. The number of nitrogens with zero attached hydrogens (tertiary/aromatic N) is 5. The summed E-state index contributed by atoms with van der Waals surface area (Å²) in [5.74, 6) is 3.34. The predicted octanol–water partition coefficient (Wildman–Crippen LogP) is 1.72. The molecule has 4 atom stereocenters. The summed E-state index contributed by atoms with van der Waals surface area (Å²) in [6.07, 6.45) is 6.75. The molecule has 1 saturated heterocycles. The van der Waals surface area contributed by atoms with Crippen LogP contribution in [0.25, 0.3) is 0 Å². The second-order valence-corrected chi connectivity index (χ2v) is 10.5. The van der Waals surface area contributed by atoms with Gasteiger partial charge in [-0.1, -0.05) is 20.3 Å². The molecule has 1 aliphatic heterocycles.